The highest BCUT2D eigenvalue weighted by molar-refractivity contribution is 5.70. The normalized spacial score (nSPS) is 10.5. The zero-order chi connectivity index (χ0) is 18.5. The van der Waals surface area contributed by atoms with Crippen LogP contribution in [0.3, 0.4) is 0 Å². The summed E-state index contributed by atoms with van der Waals surface area (Å²) in [7, 11) is 1.59. The molecule has 3 aromatic rings. The van der Waals surface area contributed by atoms with Gasteiger partial charge in [-0.1, -0.05) is 12.1 Å². The van der Waals surface area contributed by atoms with Gasteiger partial charge in [0.2, 0.25) is 5.82 Å². The standard InChI is InChI=1S/C18H18N4O4/c1-3-10-19-15-9-6-13(11-16(15)22(23)24)18-20-17(21-26-18)12-4-7-14(25-2)8-5-12/h4-9,11,19H,3,10H2,1-2H3. The van der Waals surface area contributed by atoms with E-state index in [0.717, 1.165) is 17.7 Å². The number of nitro groups is 1. The van der Waals surface area contributed by atoms with Crippen LogP contribution < -0.4 is 10.1 Å². The van der Waals surface area contributed by atoms with Crippen molar-refractivity contribution in [3.63, 3.8) is 0 Å². The first-order chi connectivity index (χ1) is 12.6. The van der Waals surface area contributed by atoms with Crippen molar-refractivity contribution in [1.29, 1.82) is 0 Å². The number of nitrogens with zero attached hydrogens (tertiary/aromatic N) is 3. The van der Waals surface area contributed by atoms with Gasteiger partial charge in [0.1, 0.15) is 11.4 Å². The van der Waals surface area contributed by atoms with Gasteiger partial charge in [-0.3, -0.25) is 10.1 Å². The van der Waals surface area contributed by atoms with Crippen LogP contribution in [-0.4, -0.2) is 28.7 Å². The van der Waals surface area contributed by atoms with Crippen molar-refractivity contribution in [1.82, 2.24) is 10.1 Å². The number of nitrogens with one attached hydrogen (secondary N) is 1. The molecule has 0 radical (unpaired) electrons. The molecule has 0 aliphatic carbocycles. The zero-order valence-corrected chi connectivity index (χ0v) is 14.4. The van der Waals surface area contributed by atoms with E-state index in [2.05, 4.69) is 15.5 Å². The van der Waals surface area contributed by atoms with Crippen LogP contribution in [0.5, 0.6) is 5.75 Å². The fourth-order valence-electron chi connectivity index (χ4n) is 2.42. The third-order valence-electron chi connectivity index (χ3n) is 3.78. The Bertz CT molecular complexity index is 906. The molecule has 0 saturated carbocycles. The van der Waals surface area contributed by atoms with Gasteiger partial charge >= 0.3 is 0 Å². The Morgan fingerprint density at radius 1 is 1.19 bits per heavy atom. The topological polar surface area (TPSA) is 103 Å². The Labute approximate surface area is 150 Å². The minimum absolute atomic E-state index is 0.0276. The van der Waals surface area contributed by atoms with Crippen LogP contribution >= 0.6 is 0 Å². The zero-order valence-electron chi connectivity index (χ0n) is 14.4. The lowest BCUT2D eigenvalue weighted by Gasteiger charge is -2.06. The molecule has 1 N–H and O–H groups in total. The molecule has 0 spiro atoms. The summed E-state index contributed by atoms with van der Waals surface area (Å²) in [6.07, 6.45) is 0.869. The van der Waals surface area contributed by atoms with E-state index in [1.807, 2.05) is 19.1 Å². The molecule has 0 atom stereocenters. The lowest BCUT2D eigenvalue weighted by atomic mass is 10.1. The molecule has 1 aromatic heterocycles. The van der Waals surface area contributed by atoms with Crippen LogP contribution in [0.15, 0.2) is 47.0 Å². The van der Waals surface area contributed by atoms with Crippen LogP contribution in [0.1, 0.15) is 13.3 Å². The lowest BCUT2D eigenvalue weighted by Crippen LogP contribution is -2.03. The van der Waals surface area contributed by atoms with E-state index < -0.39 is 4.92 Å². The molecule has 2 aromatic carbocycles. The predicted octanol–water partition coefficient (Wildman–Crippen LogP) is 4.14. The molecule has 0 aliphatic rings. The smallest absolute Gasteiger partial charge is 0.293 e. The predicted molar refractivity (Wildman–Crippen MR) is 97.2 cm³/mol. The minimum atomic E-state index is -0.428. The first-order valence-electron chi connectivity index (χ1n) is 8.13. The summed E-state index contributed by atoms with van der Waals surface area (Å²) in [6, 6.07) is 12.0. The highest BCUT2D eigenvalue weighted by atomic mass is 16.6. The fourth-order valence-corrected chi connectivity index (χ4v) is 2.42. The third-order valence-corrected chi connectivity index (χ3v) is 3.78. The second-order valence-electron chi connectivity index (χ2n) is 5.57. The van der Waals surface area contributed by atoms with Gasteiger partial charge in [0, 0.05) is 23.7 Å². The molecule has 8 heteroatoms. The maximum atomic E-state index is 11.3. The maximum Gasteiger partial charge on any atom is 0.293 e. The van der Waals surface area contributed by atoms with Gasteiger partial charge in [0.25, 0.3) is 11.6 Å². The second-order valence-corrected chi connectivity index (χ2v) is 5.57. The first kappa shape index (κ1) is 17.4. The SMILES string of the molecule is CCCNc1ccc(-c2nc(-c3ccc(OC)cc3)no2)cc1[N+](=O)[O-]. The molecule has 8 nitrogen and oxygen atoms in total. The van der Waals surface area contributed by atoms with Crippen LogP contribution in [0.25, 0.3) is 22.8 Å². The van der Waals surface area contributed by atoms with Crippen molar-refractivity contribution in [3.8, 4) is 28.6 Å². The number of benzene rings is 2. The Kier molecular flexibility index (Phi) is 5.12. The quantitative estimate of drug-likeness (QED) is 0.502. The van der Waals surface area contributed by atoms with Crippen LogP contribution in [-0.2, 0) is 0 Å². The molecule has 134 valence electrons. The number of anilines is 1. The van der Waals surface area contributed by atoms with Gasteiger partial charge in [-0.25, -0.2) is 0 Å². The number of hydrogen-bond acceptors (Lipinski definition) is 7. The third kappa shape index (κ3) is 3.64. The summed E-state index contributed by atoms with van der Waals surface area (Å²) in [5, 5.41) is 18.3. The van der Waals surface area contributed by atoms with Crippen molar-refractivity contribution >= 4 is 11.4 Å². The van der Waals surface area contributed by atoms with E-state index in [9.17, 15) is 10.1 Å². The summed E-state index contributed by atoms with van der Waals surface area (Å²) >= 11 is 0. The number of aromatic nitrogens is 2. The molecule has 0 amide bonds. The minimum Gasteiger partial charge on any atom is -0.497 e. The van der Waals surface area contributed by atoms with Gasteiger partial charge in [-0.15, -0.1) is 0 Å². The Hall–Kier alpha value is -3.42. The van der Waals surface area contributed by atoms with Crippen molar-refractivity contribution in [2.45, 2.75) is 13.3 Å². The highest BCUT2D eigenvalue weighted by Crippen LogP contribution is 2.31. The number of nitro benzene ring substituents is 1. The monoisotopic (exact) mass is 354 g/mol. The van der Waals surface area contributed by atoms with E-state index in [1.165, 1.54) is 6.07 Å². The van der Waals surface area contributed by atoms with E-state index >= 15 is 0 Å². The number of methoxy groups -OCH3 is 1. The van der Waals surface area contributed by atoms with Gasteiger partial charge in [-0.05, 0) is 42.8 Å². The fraction of sp³-hybridized carbons (Fsp3) is 0.222. The lowest BCUT2D eigenvalue weighted by molar-refractivity contribution is -0.383. The average Bonchev–Trinajstić information content (AvgIpc) is 3.16. The summed E-state index contributed by atoms with van der Waals surface area (Å²) in [6.45, 7) is 2.65. The van der Waals surface area contributed by atoms with Crippen molar-refractivity contribution in [3.05, 3.63) is 52.6 Å². The number of hydrogen-bond donors (Lipinski definition) is 1. The molecule has 26 heavy (non-hydrogen) atoms. The van der Waals surface area contributed by atoms with Gasteiger partial charge in [0.05, 0.1) is 12.0 Å². The molecule has 3 rings (SSSR count). The van der Waals surface area contributed by atoms with Crippen molar-refractivity contribution in [2.75, 3.05) is 19.0 Å². The molecular weight excluding hydrogens is 336 g/mol. The summed E-state index contributed by atoms with van der Waals surface area (Å²) in [5.74, 6) is 1.35. The number of rotatable bonds is 7. The largest absolute Gasteiger partial charge is 0.497 e. The second kappa shape index (κ2) is 7.64. The van der Waals surface area contributed by atoms with Crippen molar-refractivity contribution < 1.29 is 14.2 Å². The van der Waals surface area contributed by atoms with Crippen LogP contribution in [0.2, 0.25) is 0 Å². The average molecular weight is 354 g/mol. The van der Waals surface area contributed by atoms with E-state index in [4.69, 9.17) is 9.26 Å². The van der Waals surface area contributed by atoms with E-state index in [-0.39, 0.29) is 11.6 Å². The van der Waals surface area contributed by atoms with Gasteiger partial charge < -0.3 is 14.6 Å². The molecule has 0 unspecified atom stereocenters. The molecule has 0 fully saturated rings. The number of ether oxygens (including phenoxy) is 1. The maximum absolute atomic E-state index is 11.3. The molecule has 0 aliphatic heterocycles. The summed E-state index contributed by atoms with van der Waals surface area (Å²) in [4.78, 5) is 15.3. The van der Waals surface area contributed by atoms with E-state index in [0.29, 0.717) is 23.6 Å². The Morgan fingerprint density at radius 3 is 2.58 bits per heavy atom. The summed E-state index contributed by atoms with van der Waals surface area (Å²) in [5.41, 5.74) is 1.69. The van der Waals surface area contributed by atoms with Gasteiger partial charge in [0.15, 0.2) is 0 Å². The summed E-state index contributed by atoms with van der Waals surface area (Å²) < 4.78 is 10.4. The first-order valence-corrected chi connectivity index (χ1v) is 8.13. The molecule has 0 bridgehead atoms. The Balaban J connectivity index is 1.90. The molecule has 0 saturated heterocycles. The van der Waals surface area contributed by atoms with E-state index in [1.54, 1.807) is 31.4 Å². The van der Waals surface area contributed by atoms with Crippen LogP contribution in [0.4, 0.5) is 11.4 Å². The molecule has 1 heterocycles. The van der Waals surface area contributed by atoms with Crippen LogP contribution in [0, 0.1) is 10.1 Å². The highest BCUT2D eigenvalue weighted by Gasteiger charge is 2.18. The van der Waals surface area contributed by atoms with Crippen molar-refractivity contribution in [2.24, 2.45) is 0 Å². The molecular formula is C18H18N4O4. The Morgan fingerprint density at radius 2 is 1.92 bits per heavy atom. The van der Waals surface area contributed by atoms with Gasteiger partial charge in [-0.2, -0.15) is 4.98 Å².